The monoisotopic (exact) mass is 274 g/mol. The van der Waals surface area contributed by atoms with Crippen molar-refractivity contribution in [1.82, 2.24) is 4.98 Å². The molecule has 0 spiro atoms. The van der Waals surface area contributed by atoms with Crippen molar-refractivity contribution in [2.24, 2.45) is 0 Å². The number of nitrogens with zero attached hydrogens (tertiary/aromatic N) is 2. The summed E-state index contributed by atoms with van der Waals surface area (Å²) < 4.78 is 13.7. The number of aryl methyl sites for hydroxylation is 1. The van der Waals surface area contributed by atoms with E-state index in [9.17, 15) is 9.50 Å². The van der Waals surface area contributed by atoms with Crippen LogP contribution in [-0.2, 0) is 6.54 Å². The minimum Gasteiger partial charge on any atom is -0.389 e. The van der Waals surface area contributed by atoms with Gasteiger partial charge in [0.1, 0.15) is 5.82 Å². The topological polar surface area (TPSA) is 36.4 Å². The molecule has 1 aromatic carbocycles. The molecule has 2 rings (SSSR count). The van der Waals surface area contributed by atoms with Crippen LogP contribution >= 0.6 is 0 Å². The van der Waals surface area contributed by atoms with Gasteiger partial charge in [0.25, 0.3) is 0 Å². The highest BCUT2D eigenvalue weighted by Gasteiger charge is 2.15. The standard InChI is InChI=1S/C16H19FN2O/c1-11-8-16(14(12(2)20)9-15(11)17)19(3)10-13-6-4-5-7-18-13/h4-9,12,20H,10H2,1-3H3/t12-/m0/s1. The molecular weight excluding hydrogens is 255 g/mol. The molecule has 1 heterocycles. The third kappa shape index (κ3) is 3.14. The molecule has 0 fully saturated rings. The van der Waals surface area contributed by atoms with Crippen LogP contribution in [-0.4, -0.2) is 17.1 Å². The van der Waals surface area contributed by atoms with Gasteiger partial charge < -0.3 is 10.0 Å². The SMILES string of the molecule is Cc1cc(N(C)Cc2ccccn2)c([C@H](C)O)cc1F. The van der Waals surface area contributed by atoms with E-state index in [0.717, 1.165) is 11.4 Å². The van der Waals surface area contributed by atoms with Crippen LogP contribution in [0, 0.1) is 12.7 Å². The van der Waals surface area contributed by atoms with Gasteiger partial charge in [-0.05, 0) is 43.7 Å². The summed E-state index contributed by atoms with van der Waals surface area (Å²) in [5.74, 6) is -0.295. The number of hydrogen-bond donors (Lipinski definition) is 1. The van der Waals surface area contributed by atoms with E-state index in [2.05, 4.69) is 4.98 Å². The first kappa shape index (κ1) is 14.5. The number of aromatic nitrogens is 1. The van der Waals surface area contributed by atoms with E-state index in [1.54, 1.807) is 26.1 Å². The largest absolute Gasteiger partial charge is 0.389 e. The van der Waals surface area contributed by atoms with Gasteiger partial charge in [0.2, 0.25) is 0 Å². The lowest BCUT2D eigenvalue weighted by atomic mass is 10.0. The Morgan fingerprint density at radius 2 is 2.10 bits per heavy atom. The third-order valence-electron chi connectivity index (χ3n) is 3.29. The first-order chi connectivity index (χ1) is 9.49. The number of rotatable bonds is 4. The zero-order valence-corrected chi connectivity index (χ0v) is 12.0. The smallest absolute Gasteiger partial charge is 0.126 e. The first-order valence-electron chi connectivity index (χ1n) is 6.58. The molecule has 20 heavy (non-hydrogen) atoms. The zero-order chi connectivity index (χ0) is 14.7. The Morgan fingerprint density at radius 1 is 1.35 bits per heavy atom. The van der Waals surface area contributed by atoms with Crippen LogP contribution < -0.4 is 4.90 Å². The van der Waals surface area contributed by atoms with E-state index in [1.165, 1.54) is 6.07 Å². The average Bonchev–Trinajstić information content (AvgIpc) is 2.42. The molecule has 0 bridgehead atoms. The summed E-state index contributed by atoms with van der Waals surface area (Å²) >= 11 is 0. The summed E-state index contributed by atoms with van der Waals surface area (Å²) in [4.78, 5) is 6.25. The molecule has 0 amide bonds. The van der Waals surface area contributed by atoms with Crippen LogP contribution in [0.3, 0.4) is 0 Å². The highest BCUT2D eigenvalue weighted by molar-refractivity contribution is 5.56. The number of anilines is 1. The Balaban J connectivity index is 2.33. The molecule has 0 saturated carbocycles. The molecule has 3 nitrogen and oxygen atoms in total. The Labute approximate surface area is 118 Å². The highest BCUT2D eigenvalue weighted by atomic mass is 19.1. The van der Waals surface area contributed by atoms with Crippen molar-refractivity contribution < 1.29 is 9.50 Å². The van der Waals surface area contributed by atoms with E-state index >= 15 is 0 Å². The second-order valence-corrected chi connectivity index (χ2v) is 5.01. The van der Waals surface area contributed by atoms with E-state index in [4.69, 9.17) is 0 Å². The van der Waals surface area contributed by atoms with Crippen molar-refractivity contribution in [1.29, 1.82) is 0 Å². The fourth-order valence-electron chi connectivity index (χ4n) is 2.17. The van der Waals surface area contributed by atoms with Crippen LogP contribution in [0.2, 0.25) is 0 Å². The molecule has 2 aromatic rings. The van der Waals surface area contributed by atoms with E-state index < -0.39 is 6.10 Å². The molecule has 0 unspecified atom stereocenters. The predicted octanol–water partition coefficient (Wildman–Crippen LogP) is 3.22. The van der Waals surface area contributed by atoms with Gasteiger partial charge in [-0.25, -0.2) is 4.39 Å². The number of halogens is 1. The zero-order valence-electron chi connectivity index (χ0n) is 12.0. The van der Waals surface area contributed by atoms with Gasteiger partial charge in [-0.1, -0.05) is 6.07 Å². The Bertz CT molecular complexity index is 585. The number of aliphatic hydroxyl groups is 1. The number of benzene rings is 1. The molecule has 1 atom stereocenters. The summed E-state index contributed by atoms with van der Waals surface area (Å²) in [6.07, 6.45) is 1.03. The van der Waals surface area contributed by atoms with Crippen LogP contribution in [0.25, 0.3) is 0 Å². The lowest BCUT2D eigenvalue weighted by molar-refractivity contribution is 0.199. The van der Waals surface area contributed by atoms with Crippen molar-refractivity contribution in [3.8, 4) is 0 Å². The van der Waals surface area contributed by atoms with E-state index in [1.807, 2.05) is 30.1 Å². The van der Waals surface area contributed by atoms with Gasteiger partial charge in [0, 0.05) is 24.5 Å². The summed E-state index contributed by atoms with van der Waals surface area (Å²) in [7, 11) is 1.91. The van der Waals surface area contributed by atoms with Gasteiger partial charge in [-0.2, -0.15) is 0 Å². The Kier molecular flexibility index (Phi) is 4.35. The van der Waals surface area contributed by atoms with Gasteiger partial charge in [0.15, 0.2) is 0 Å². The maximum absolute atomic E-state index is 13.7. The van der Waals surface area contributed by atoms with Gasteiger partial charge in [0.05, 0.1) is 18.3 Å². The Hall–Kier alpha value is -1.94. The van der Waals surface area contributed by atoms with Crippen molar-refractivity contribution in [2.75, 3.05) is 11.9 Å². The number of pyridine rings is 1. The second-order valence-electron chi connectivity index (χ2n) is 5.01. The molecule has 106 valence electrons. The molecule has 0 aliphatic carbocycles. The summed E-state index contributed by atoms with van der Waals surface area (Å²) in [5.41, 5.74) is 2.90. The molecule has 0 aliphatic rings. The van der Waals surface area contributed by atoms with Crippen molar-refractivity contribution >= 4 is 5.69 Å². The molecule has 1 aromatic heterocycles. The van der Waals surface area contributed by atoms with Gasteiger partial charge in [-0.15, -0.1) is 0 Å². The lowest BCUT2D eigenvalue weighted by Gasteiger charge is -2.24. The maximum Gasteiger partial charge on any atom is 0.126 e. The molecule has 0 aliphatic heterocycles. The molecular formula is C16H19FN2O. The number of hydrogen-bond acceptors (Lipinski definition) is 3. The second kappa shape index (κ2) is 6.01. The minimum atomic E-state index is -0.716. The average molecular weight is 274 g/mol. The van der Waals surface area contributed by atoms with Crippen molar-refractivity contribution in [3.05, 3.63) is 59.2 Å². The van der Waals surface area contributed by atoms with Crippen LogP contribution in [0.15, 0.2) is 36.5 Å². The van der Waals surface area contributed by atoms with E-state index in [-0.39, 0.29) is 5.82 Å². The summed E-state index contributed by atoms with van der Waals surface area (Å²) in [5, 5.41) is 9.83. The summed E-state index contributed by atoms with van der Waals surface area (Å²) in [6, 6.07) is 8.91. The Morgan fingerprint density at radius 3 is 2.70 bits per heavy atom. The fourth-order valence-corrected chi connectivity index (χ4v) is 2.17. The van der Waals surface area contributed by atoms with Crippen LogP contribution in [0.5, 0.6) is 0 Å². The molecule has 0 saturated heterocycles. The van der Waals surface area contributed by atoms with E-state index in [0.29, 0.717) is 17.7 Å². The normalized spacial score (nSPS) is 12.2. The first-order valence-corrected chi connectivity index (χ1v) is 6.58. The maximum atomic E-state index is 13.7. The quantitative estimate of drug-likeness (QED) is 0.930. The molecule has 0 radical (unpaired) electrons. The van der Waals surface area contributed by atoms with Gasteiger partial charge >= 0.3 is 0 Å². The highest BCUT2D eigenvalue weighted by Crippen LogP contribution is 2.29. The van der Waals surface area contributed by atoms with Crippen LogP contribution in [0.4, 0.5) is 10.1 Å². The van der Waals surface area contributed by atoms with Gasteiger partial charge in [-0.3, -0.25) is 4.98 Å². The van der Waals surface area contributed by atoms with Crippen molar-refractivity contribution in [3.63, 3.8) is 0 Å². The fraction of sp³-hybridized carbons (Fsp3) is 0.312. The third-order valence-corrected chi connectivity index (χ3v) is 3.29. The van der Waals surface area contributed by atoms with Crippen LogP contribution in [0.1, 0.15) is 29.8 Å². The summed E-state index contributed by atoms with van der Waals surface area (Å²) in [6.45, 7) is 3.97. The predicted molar refractivity (Wildman–Crippen MR) is 78.1 cm³/mol. The number of aliphatic hydroxyl groups excluding tert-OH is 1. The lowest BCUT2D eigenvalue weighted by Crippen LogP contribution is -2.19. The minimum absolute atomic E-state index is 0.295. The molecule has 1 N–H and O–H groups in total. The van der Waals surface area contributed by atoms with Crippen molar-refractivity contribution in [2.45, 2.75) is 26.5 Å². The molecule has 4 heteroatoms.